The topological polar surface area (TPSA) is 154 Å². The summed E-state index contributed by atoms with van der Waals surface area (Å²) < 4.78 is 40.9. The van der Waals surface area contributed by atoms with Crippen LogP contribution in [-0.4, -0.2) is 91.3 Å². The molecule has 230 valence electrons. The molecule has 0 rings (SSSR count). The van der Waals surface area contributed by atoms with Crippen LogP contribution in [0.3, 0.4) is 0 Å². The van der Waals surface area contributed by atoms with Gasteiger partial charge >= 0.3 is 16.4 Å². The van der Waals surface area contributed by atoms with Crippen molar-refractivity contribution in [2.24, 2.45) is 0 Å². The Kier molecular flexibility index (Phi) is 30.2. The summed E-state index contributed by atoms with van der Waals surface area (Å²) in [7, 11) is -4.39. The van der Waals surface area contributed by atoms with Gasteiger partial charge in [0.1, 0.15) is 0 Å². The van der Waals surface area contributed by atoms with Crippen LogP contribution in [0.5, 0.6) is 0 Å². The Morgan fingerprint density at radius 1 is 0.711 bits per heavy atom. The smallest absolute Gasteiger partial charge is 0.397 e. The maximum absolute atomic E-state index is 11.4. The lowest BCUT2D eigenvalue weighted by Gasteiger charge is -2.17. The monoisotopic (exact) mass is 571 g/mol. The Labute approximate surface area is 232 Å². The van der Waals surface area contributed by atoms with Gasteiger partial charge in [0.25, 0.3) is 0 Å². The van der Waals surface area contributed by atoms with Gasteiger partial charge in [0.05, 0.1) is 32.5 Å². The highest BCUT2D eigenvalue weighted by molar-refractivity contribution is 7.80. The van der Waals surface area contributed by atoms with E-state index in [4.69, 9.17) is 28.8 Å². The van der Waals surface area contributed by atoms with Gasteiger partial charge in [-0.1, -0.05) is 84.5 Å². The number of carbonyl (C=O) groups excluding carboxylic acids is 1. The standard InChI is InChI=1S/C21H42O6S.C6H15NO3/c1-3-5-6-7-10-13-16-20(27-28(23,24)25)17-14-11-8-9-12-15-18-21(22)26-19-4-2;8-4-1-7(2-5-9)3-6-10/h20H,3-19H2,1-2H3,(H,23,24,25);8-10H,1-6H2. The third kappa shape index (κ3) is 31.4. The van der Waals surface area contributed by atoms with E-state index in [9.17, 15) is 13.2 Å². The van der Waals surface area contributed by atoms with E-state index in [0.717, 1.165) is 57.8 Å². The number of rotatable bonds is 26. The molecule has 0 aromatic heterocycles. The number of ether oxygens (including phenoxy) is 1. The molecule has 0 aromatic rings. The molecular weight excluding hydrogens is 514 g/mol. The quantitative estimate of drug-likeness (QED) is 0.0672. The summed E-state index contributed by atoms with van der Waals surface area (Å²) >= 11 is 0. The molecule has 38 heavy (non-hydrogen) atoms. The third-order valence-electron chi connectivity index (χ3n) is 6.01. The number of aliphatic hydroxyl groups is 3. The Balaban J connectivity index is 0. The molecule has 1 atom stereocenters. The summed E-state index contributed by atoms with van der Waals surface area (Å²) in [6.07, 6.45) is 14.9. The summed E-state index contributed by atoms with van der Waals surface area (Å²) in [6.45, 7) is 6.41. The molecule has 11 heteroatoms. The number of unbranched alkanes of at least 4 members (excludes halogenated alkanes) is 10. The Morgan fingerprint density at radius 2 is 1.16 bits per heavy atom. The lowest BCUT2D eigenvalue weighted by atomic mass is 10.0. The maximum Gasteiger partial charge on any atom is 0.397 e. The highest BCUT2D eigenvalue weighted by Gasteiger charge is 2.16. The van der Waals surface area contributed by atoms with Crippen LogP contribution >= 0.6 is 0 Å². The van der Waals surface area contributed by atoms with Gasteiger partial charge < -0.3 is 20.1 Å². The summed E-state index contributed by atoms with van der Waals surface area (Å²) in [5.74, 6) is -0.109. The van der Waals surface area contributed by atoms with Crippen molar-refractivity contribution >= 4 is 16.4 Å². The van der Waals surface area contributed by atoms with Crippen molar-refractivity contribution < 1.29 is 42.0 Å². The first-order valence-corrected chi connectivity index (χ1v) is 16.0. The molecule has 0 fully saturated rings. The summed E-state index contributed by atoms with van der Waals surface area (Å²) in [4.78, 5) is 13.2. The average molecular weight is 572 g/mol. The number of hydrogen-bond donors (Lipinski definition) is 4. The molecular formula is C27H57NO9S. The van der Waals surface area contributed by atoms with Crippen molar-refractivity contribution in [3.8, 4) is 0 Å². The Morgan fingerprint density at radius 3 is 1.58 bits per heavy atom. The zero-order valence-electron chi connectivity index (χ0n) is 24.0. The molecule has 1 unspecified atom stereocenters. The maximum atomic E-state index is 11.4. The second-order valence-corrected chi connectivity index (χ2v) is 10.6. The van der Waals surface area contributed by atoms with Gasteiger partial charge in [-0.05, 0) is 25.7 Å². The van der Waals surface area contributed by atoms with E-state index in [1.807, 2.05) is 6.92 Å². The number of nitrogens with zero attached hydrogens (tertiary/aromatic N) is 1. The van der Waals surface area contributed by atoms with Crippen LogP contribution in [0, 0.1) is 0 Å². The molecule has 0 aliphatic heterocycles. The number of hydrogen-bond acceptors (Lipinski definition) is 9. The second-order valence-electron chi connectivity index (χ2n) is 9.60. The van der Waals surface area contributed by atoms with Gasteiger partial charge in [0.2, 0.25) is 0 Å². The van der Waals surface area contributed by atoms with Crippen molar-refractivity contribution in [2.75, 3.05) is 46.1 Å². The van der Waals surface area contributed by atoms with Gasteiger partial charge in [-0.15, -0.1) is 0 Å². The third-order valence-corrected chi connectivity index (χ3v) is 6.53. The van der Waals surface area contributed by atoms with Gasteiger partial charge in [-0.25, -0.2) is 4.18 Å². The largest absolute Gasteiger partial charge is 0.466 e. The van der Waals surface area contributed by atoms with Crippen molar-refractivity contribution in [3.05, 3.63) is 0 Å². The summed E-state index contributed by atoms with van der Waals surface area (Å²) in [5.41, 5.74) is 0. The Hall–Kier alpha value is -0.820. The normalized spacial score (nSPS) is 12.3. The molecule has 0 aromatic carbocycles. The zero-order chi connectivity index (χ0) is 28.9. The fourth-order valence-electron chi connectivity index (χ4n) is 3.96. The van der Waals surface area contributed by atoms with Crippen molar-refractivity contribution in [1.82, 2.24) is 4.90 Å². The van der Waals surface area contributed by atoms with E-state index < -0.39 is 16.5 Å². The predicted molar refractivity (Wildman–Crippen MR) is 150 cm³/mol. The van der Waals surface area contributed by atoms with E-state index in [-0.39, 0.29) is 25.8 Å². The number of carbonyl (C=O) groups is 1. The molecule has 0 radical (unpaired) electrons. The Bertz CT molecular complexity index is 591. The molecule has 0 saturated heterocycles. The first kappa shape index (κ1) is 39.3. The molecule has 10 nitrogen and oxygen atoms in total. The van der Waals surface area contributed by atoms with Gasteiger partial charge in [-0.3, -0.25) is 14.2 Å². The van der Waals surface area contributed by atoms with E-state index in [1.165, 1.54) is 25.7 Å². The van der Waals surface area contributed by atoms with E-state index in [1.54, 1.807) is 4.90 Å². The summed E-state index contributed by atoms with van der Waals surface area (Å²) in [5, 5.41) is 25.5. The van der Waals surface area contributed by atoms with Gasteiger partial charge in [-0.2, -0.15) is 8.42 Å². The molecule has 4 N–H and O–H groups in total. The molecule has 0 aliphatic rings. The van der Waals surface area contributed by atoms with Crippen LogP contribution in [0.2, 0.25) is 0 Å². The van der Waals surface area contributed by atoms with Gasteiger partial charge in [0.15, 0.2) is 0 Å². The first-order chi connectivity index (χ1) is 18.2. The molecule has 0 amide bonds. The molecule has 0 bridgehead atoms. The van der Waals surface area contributed by atoms with Crippen LogP contribution in [0.25, 0.3) is 0 Å². The SMILES string of the molecule is CCCCCCCCC(CCCCCCCCC(=O)OCCC)OS(=O)(=O)O.OCCN(CCO)CCO. The minimum atomic E-state index is -4.39. The second kappa shape index (κ2) is 29.2. The minimum absolute atomic E-state index is 0.0694. The fraction of sp³-hybridized carbons (Fsp3) is 0.963. The fourth-order valence-corrected chi connectivity index (χ4v) is 4.50. The average Bonchev–Trinajstić information content (AvgIpc) is 2.86. The van der Waals surface area contributed by atoms with Crippen LogP contribution < -0.4 is 0 Å². The van der Waals surface area contributed by atoms with Crippen molar-refractivity contribution in [1.29, 1.82) is 0 Å². The molecule has 0 saturated carbocycles. The van der Waals surface area contributed by atoms with Crippen LogP contribution in [0.1, 0.15) is 117 Å². The molecule has 0 spiro atoms. The van der Waals surface area contributed by atoms with Gasteiger partial charge in [0, 0.05) is 26.1 Å². The van der Waals surface area contributed by atoms with Crippen LogP contribution in [0.15, 0.2) is 0 Å². The number of esters is 1. The number of aliphatic hydroxyl groups excluding tert-OH is 3. The highest BCUT2D eigenvalue weighted by atomic mass is 32.3. The van der Waals surface area contributed by atoms with E-state index in [2.05, 4.69) is 6.92 Å². The lowest BCUT2D eigenvalue weighted by Crippen LogP contribution is -2.32. The highest BCUT2D eigenvalue weighted by Crippen LogP contribution is 2.18. The van der Waals surface area contributed by atoms with E-state index in [0.29, 0.717) is 45.5 Å². The van der Waals surface area contributed by atoms with Crippen LogP contribution in [0.4, 0.5) is 0 Å². The summed E-state index contributed by atoms with van der Waals surface area (Å²) in [6, 6.07) is 0. The molecule has 0 heterocycles. The van der Waals surface area contributed by atoms with Crippen LogP contribution in [-0.2, 0) is 24.1 Å². The predicted octanol–water partition coefficient (Wildman–Crippen LogP) is 4.26. The minimum Gasteiger partial charge on any atom is -0.466 e. The van der Waals surface area contributed by atoms with Crippen molar-refractivity contribution in [3.63, 3.8) is 0 Å². The van der Waals surface area contributed by atoms with E-state index >= 15 is 0 Å². The zero-order valence-corrected chi connectivity index (χ0v) is 24.8. The lowest BCUT2D eigenvalue weighted by molar-refractivity contribution is -0.143. The first-order valence-electron chi connectivity index (χ1n) is 14.6. The molecule has 0 aliphatic carbocycles. The van der Waals surface area contributed by atoms with Crippen molar-refractivity contribution in [2.45, 2.75) is 123 Å².